The van der Waals surface area contributed by atoms with Crippen LogP contribution < -0.4 is 10.1 Å². The van der Waals surface area contributed by atoms with Gasteiger partial charge in [0.05, 0.1) is 5.69 Å². The third-order valence-electron chi connectivity index (χ3n) is 4.87. The second-order valence-corrected chi connectivity index (χ2v) is 7.76. The Morgan fingerprint density at radius 3 is 2.55 bits per heavy atom. The summed E-state index contributed by atoms with van der Waals surface area (Å²) in [6.07, 6.45) is 1.28. The molecule has 1 amide bonds. The molecule has 0 aliphatic heterocycles. The van der Waals surface area contributed by atoms with Gasteiger partial charge in [-0.15, -0.1) is 13.2 Å². The van der Waals surface area contributed by atoms with Crippen LogP contribution in [0.1, 0.15) is 42.5 Å². The molecule has 33 heavy (non-hydrogen) atoms. The molecule has 0 saturated heterocycles. The topological polar surface area (TPSA) is 55.6 Å². The van der Waals surface area contributed by atoms with Gasteiger partial charge in [-0.1, -0.05) is 48.4 Å². The molecule has 0 unspecified atom stereocenters. The molecular weight excluding hydrogens is 455 g/mol. The average Bonchev–Trinajstić information content (AvgIpc) is 3.13. The number of alkyl halides is 3. The van der Waals surface area contributed by atoms with Gasteiger partial charge in [0.2, 0.25) is 0 Å². The number of ether oxygens (including phenoxy) is 1. The van der Waals surface area contributed by atoms with Crippen molar-refractivity contribution >= 4 is 28.7 Å². The lowest BCUT2D eigenvalue weighted by Gasteiger charge is -2.11. The molecule has 0 fully saturated rings. The van der Waals surface area contributed by atoms with Gasteiger partial charge in [0.25, 0.3) is 5.91 Å². The molecule has 2 aromatic heterocycles. The number of nitrogens with zero attached hydrogens (tertiary/aromatic N) is 2. The highest BCUT2D eigenvalue weighted by Gasteiger charge is 2.31. The first-order valence-electron chi connectivity index (χ1n) is 10.3. The number of fused-ring (bicyclic) bond motifs is 1. The number of imidazole rings is 1. The van der Waals surface area contributed by atoms with Crippen molar-refractivity contribution in [3.63, 3.8) is 0 Å². The first kappa shape index (κ1) is 24.4. The van der Waals surface area contributed by atoms with Crippen LogP contribution in [0.3, 0.4) is 0 Å². The van der Waals surface area contributed by atoms with Gasteiger partial charge in [0.1, 0.15) is 17.1 Å². The van der Waals surface area contributed by atoms with Crippen LogP contribution in [0.15, 0.2) is 60.3 Å². The highest BCUT2D eigenvalue weighted by atomic mass is 35.5. The number of aromatic nitrogens is 2. The second-order valence-electron chi connectivity index (χ2n) is 7.32. The largest absolute Gasteiger partial charge is 0.573 e. The zero-order valence-corrected chi connectivity index (χ0v) is 19.1. The molecule has 3 aromatic rings. The molecule has 0 atom stereocenters. The fourth-order valence-corrected chi connectivity index (χ4v) is 3.51. The van der Waals surface area contributed by atoms with Crippen molar-refractivity contribution in [1.29, 1.82) is 0 Å². The molecule has 0 spiro atoms. The molecule has 0 aliphatic carbocycles. The van der Waals surface area contributed by atoms with Crippen molar-refractivity contribution in [3.05, 3.63) is 82.3 Å². The van der Waals surface area contributed by atoms with E-state index in [-0.39, 0.29) is 18.2 Å². The summed E-state index contributed by atoms with van der Waals surface area (Å²) in [5.74, 6) is -0.541. The Bertz CT molecular complexity index is 1210. The molecule has 0 aliphatic rings. The number of carbonyl (C=O) groups excluding carboxylic acids is 1. The fourth-order valence-electron chi connectivity index (χ4n) is 3.36. The monoisotopic (exact) mass is 477 g/mol. The number of aryl methyl sites for hydroxylation is 1. The Balaban J connectivity index is 1.72. The molecular formula is C24H23ClF3N3O2. The normalized spacial score (nSPS) is 12.8. The van der Waals surface area contributed by atoms with Gasteiger partial charge in [0.15, 0.2) is 0 Å². The van der Waals surface area contributed by atoms with Crippen LogP contribution in [0.4, 0.5) is 13.2 Å². The van der Waals surface area contributed by atoms with E-state index in [0.29, 0.717) is 28.5 Å². The number of amides is 1. The molecule has 3 rings (SSSR count). The van der Waals surface area contributed by atoms with Gasteiger partial charge in [-0.25, -0.2) is 4.98 Å². The Labute approximate surface area is 194 Å². The Hall–Kier alpha value is -3.26. The maximum absolute atomic E-state index is 12.9. The molecule has 174 valence electrons. The summed E-state index contributed by atoms with van der Waals surface area (Å²) in [5.41, 5.74) is 4.13. The summed E-state index contributed by atoms with van der Waals surface area (Å²) in [7, 11) is 0. The van der Waals surface area contributed by atoms with Gasteiger partial charge in [-0.3, -0.25) is 9.20 Å². The number of rotatable bonds is 7. The number of nitrogens with one attached hydrogen (secondary N) is 1. The Morgan fingerprint density at radius 2 is 1.94 bits per heavy atom. The number of hydrogen-bond acceptors (Lipinski definition) is 3. The molecule has 5 nitrogen and oxygen atoms in total. The minimum atomic E-state index is -4.73. The van der Waals surface area contributed by atoms with Crippen LogP contribution in [0, 0.1) is 0 Å². The van der Waals surface area contributed by atoms with Crippen molar-refractivity contribution < 1.29 is 22.7 Å². The van der Waals surface area contributed by atoms with E-state index in [4.69, 9.17) is 11.6 Å². The fraction of sp³-hybridized carbons (Fsp3) is 0.250. The highest BCUT2D eigenvalue weighted by molar-refractivity contribution is 6.30. The lowest BCUT2D eigenvalue weighted by molar-refractivity contribution is -0.274. The average molecular weight is 478 g/mol. The molecule has 2 heterocycles. The number of halogens is 4. The molecule has 0 saturated carbocycles. The summed E-state index contributed by atoms with van der Waals surface area (Å²) in [6, 6.07) is 9.03. The van der Waals surface area contributed by atoms with E-state index in [0.717, 1.165) is 16.7 Å². The minimum Gasteiger partial charge on any atom is -0.406 e. The maximum atomic E-state index is 12.9. The smallest absolute Gasteiger partial charge is 0.406 e. The molecule has 1 N–H and O–H groups in total. The van der Waals surface area contributed by atoms with E-state index in [1.54, 1.807) is 34.9 Å². The van der Waals surface area contributed by atoms with Crippen molar-refractivity contribution in [2.45, 2.75) is 33.6 Å². The zero-order valence-electron chi connectivity index (χ0n) is 18.3. The zero-order chi connectivity index (χ0) is 24.2. The van der Waals surface area contributed by atoms with Crippen LogP contribution in [-0.2, 0) is 6.42 Å². The number of pyridine rings is 1. The maximum Gasteiger partial charge on any atom is 0.573 e. The lowest BCUT2D eigenvalue weighted by atomic mass is 10.0. The predicted molar refractivity (Wildman–Crippen MR) is 122 cm³/mol. The summed E-state index contributed by atoms with van der Waals surface area (Å²) < 4.78 is 42.7. The van der Waals surface area contributed by atoms with Crippen molar-refractivity contribution in [3.8, 4) is 5.75 Å². The van der Waals surface area contributed by atoms with Gasteiger partial charge < -0.3 is 10.1 Å². The highest BCUT2D eigenvalue weighted by Crippen LogP contribution is 2.25. The summed E-state index contributed by atoms with van der Waals surface area (Å²) in [5, 5.41) is 3.45. The molecule has 0 radical (unpaired) electrons. The van der Waals surface area contributed by atoms with E-state index in [9.17, 15) is 18.0 Å². The minimum absolute atomic E-state index is 0.259. The van der Waals surface area contributed by atoms with Crippen LogP contribution in [0.25, 0.3) is 11.2 Å². The van der Waals surface area contributed by atoms with Gasteiger partial charge in [-0.05, 0) is 49.6 Å². The van der Waals surface area contributed by atoms with Gasteiger partial charge in [-0.2, -0.15) is 0 Å². The quantitative estimate of drug-likeness (QED) is 0.410. The first-order valence-corrected chi connectivity index (χ1v) is 10.6. The van der Waals surface area contributed by atoms with Crippen molar-refractivity contribution in [1.82, 2.24) is 14.7 Å². The number of hydrogen-bond donors (Lipinski definition) is 1. The molecule has 0 bridgehead atoms. The van der Waals surface area contributed by atoms with Gasteiger partial charge in [0, 0.05) is 23.8 Å². The van der Waals surface area contributed by atoms with E-state index in [2.05, 4.69) is 15.0 Å². The summed E-state index contributed by atoms with van der Waals surface area (Å²) >= 11 is 6.03. The van der Waals surface area contributed by atoms with Crippen molar-refractivity contribution in [2.75, 3.05) is 6.54 Å². The third kappa shape index (κ3) is 6.16. The molecule has 9 heteroatoms. The summed E-state index contributed by atoms with van der Waals surface area (Å²) in [6.45, 7) is 5.90. The standard InChI is InChI=1S/C24H23ClF3N3O2/c1-4-16(17-6-8-19(9-7-17)33-24(26,27)28)12-15(3)14-29-23(32)22-20(5-2)30-21-13-18(25)10-11-31(21)22/h4,6-13H,5,14H2,1-3H3,(H,29,32). The van der Waals surface area contributed by atoms with E-state index in [1.165, 1.54) is 12.1 Å². The van der Waals surface area contributed by atoms with Crippen LogP contribution in [0.5, 0.6) is 5.75 Å². The van der Waals surface area contributed by atoms with E-state index < -0.39 is 6.36 Å². The Kier molecular flexibility index (Phi) is 7.48. The van der Waals surface area contributed by atoms with Crippen molar-refractivity contribution in [2.24, 2.45) is 0 Å². The van der Waals surface area contributed by atoms with Gasteiger partial charge >= 0.3 is 6.36 Å². The molecule has 1 aromatic carbocycles. The number of benzene rings is 1. The number of allylic oxidation sites excluding steroid dienone is 3. The second kappa shape index (κ2) is 10.1. The third-order valence-corrected chi connectivity index (χ3v) is 5.11. The van der Waals surface area contributed by atoms with E-state index in [1.807, 2.05) is 32.9 Å². The van der Waals surface area contributed by atoms with E-state index >= 15 is 0 Å². The van der Waals surface area contributed by atoms with Crippen LogP contribution >= 0.6 is 11.6 Å². The first-order chi connectivity index (χ1) is 15.6. The summed E-state index contributed by atoms with van der Waals surface area (Å²) in [4.78, 5) is 17.4. The van der Waals surface area contributed by atoms with Crippen LogP contribution in [-0.4, -0.2) is 28.2 Å². The van der Waals surface area contributed by atoms with Crippen LogP contribution in [0.2, 0.25) is 5.02 Å². The lowest BCUT2D eigenvalue weighted by Crippen LogP contribution is -2.27. The SMILES string of the molecule is CC=C(C=C(C)CNC(=O)c1c(CC)nc2cc(Cl)ccn12)c1ccc(OC(F)(F)F)cc1. The predicted octanol–water partition coefficient (Wildman–Crippen LogP) is 6.23. The Morgan fingerprint density at radius 1 is 1.24 bits per heavy atom. The number of carbonyl (C=O) groups is 1.